The van der Waals surface area contributed by atoms with Gasteiger partial charge in [-0.1, -0.05) is 26.8 Å². The monoisotopic (exact) mass is 170 g/mol. The molecule has 2 nitrogen and oxygen atoms in total. The van der Waals surface area contributed by atoms with Gasteiger partial charge in [0, 0.05) is 5.57 Å². The molecular weight excluding hydrogens is 152 g/mol. The summed E-state index contributed by atoms with van der Waals surface area (Å²) in [5, 5.41) is 0. The van der Waals surface area contributed by atoms with Gasteiger partial charge in [0.2, 0.25) is 0 Å². The molecule has 0 aliphatic rings. The lowest BCUT2D eigenvalue weighted by atomic mass is 9.94. The first kappa shape index (κ1) is 11.2. The number of hydrogen-bond donors (Lipinski definition) is 0. The van der Waals surface area contributed by atoms with Crippen LogP contribution in [-0.2, 0) is 9.53 Å². The van der Waals surface area contributed by atoms with E-state index in [1.807, 2.05) is 13.0 Å². The van der Waals surface area contributed by atoms with Crippen LogP contribution in [0.5, 0.6) is 0 Å². The third kappa shape index (κ3) is 4.94. The van der Waals surface area contributed by atoms with Crippen LogP contribution in [0.25, 0.3) is 0 Å². The van der Waals surface area contributed by atoms with Crippen molar-refractivity contribution < 1.29 is 9.53 Å². The fraction of sp³-hybridized carbons (Fsp3) is 0.700. The van der Waals surface area contributed by atoms with E-state index >= 15 is 0 Å². The van der Waals surface area contributed by atoms with E-state index in [4.69, 9.17) is 4.74 Å². The summed E-state index contributed by atoms with van der Waals surface area (Å²) < 4.78 is 4.84. The smallest absolute Gasteiger partial charge is 0.333 e. The zero-order valence-electron chi connectivity index (χ0n) is 8.60. The van der Waals surface area contributed by atoms with E-state index in [1.54, 1.807) is 6.92 Å². The van der Waals surface area contributed by atoms with Gasteiger partial charge in [0.15, 0.2) is 0 Å². The highest BCUT2D eigenvalue weighted by Gasteiger charge is 2.11. The molecule has 0 unspecified atom stereocenters. The molecular formula is C10H18O2. The van der Waals surface area contributed by atoms with Gasteiger partial charge in [-0.3, -0.25) is 0 Å². The van der Waals surface area contributed by atoms with Crippen molar-refractivity contribution >= 4 is 5.97 Å². The van der Waals surface area contributed by atoms with Gasteiger partial charge in [-0.15, -0.1) is 0 Å². The molecule has 0 spiro atoms. The summed E-state index contributed by atoms with van der Waals surface area (Å²) >= 11 is 0. The topological polar surface area (TPSA) is 26.3 Å². The molecule has 0 radical (unpaired) electrons. The predicted octanol–water partition coefficient (Wildman–Crippen LogP) is 2.54. The average Bonchev–Trinajstić information content (AvgIpc) is 1.84. The standard InChI is InChI=1S/C10H18O2/c1-6-12-9(11)8(2)7-10(3,4)5/h7H,6H2,1-5H3. The van der Waals surface area contributed by atoms with E-state index < -0.39 is 0 Å². The first-order valence-electron chi connectivity index (χ1n) is 4.23. The molecule has 0 amide bonds. The zero-order valence-corrected chi connectivity index (χ0v) is 8.60. The quantitative estimate of drug-likeness (QED) is 0.470. The van der Waals surface area contributed by atoms with Crippen LogP contribution in [0, 0.1) is 5.41 Å². The summed E-state index contributed by atoms with van der Waals surface area (Å²) in [5.74, 6) is -0.215. The van der Waals surface area contributed by atoms with Crippen molar-refractivity contribution in [3.63, 3.8) is 0 Å². The van der Waals surface area contributed by atoms with Gasteiger partial charge in [0.05, 0.1) is 6.61 Å². The minimum atomic E-state index is -0.215. The maximum atomic E-state index is 11.1. The van der Waals surface area contributed by atoms with Gasteiger partial charge in [0.1, 0.15) is 0 Å². The minimum Gasteiger partial charge on any atom is -0.463 e. The molecule has 0 saturated carbocycles. The number of rotatable bonds is 2. The van der Waals surface area contributed by atoms with Crippen LogP contribution in [-0.4, -0.2) is 12.6 Å². The fourth-order valence-corrected chi connectivity index (χ4v) is 0.953. The van der Waals surface area contributed by atoms with Crippen molar-refractivity contribution in [3.05, 3.63) is 11.6 Å². The number of allylic oxidation sites excluding steroid dienone is 1. The molecule has 0 fully saturated rings. The van der Waals surface area contributed by atoms with Crippen LogP contribution in [0.4, 0.5) is 0 Å². The van der Waals surface area contributed by atoms with Gasteiger partial charge in [0.25, 0.3) is 0 Å². The van der Waals surface area contributed by atoms with E-state index in [2.05, 4.69) is 20.8 Å². The molecule has 0 aromatic carbocycles. The van der Waals surface area contributed by atoms with Crippen LogP contribution in [0.1, 0.15) is 34.6 Å². The Bertz CT molecular complexity index is 185. The van der Waals surface area contributed by atoms with Crippen molar-refractivity contribution in [2.24, 2.45) is 5.41 Å². The number of esters is 1. The van der Waals surface area contributed by atoms with E-state index in [9.17, 15) is 4.79 Å². The molecule has 12 heavy (non-hydrogen) atoms. The van der Waals surface area contributed by atoms with E-state index in [-0.39, 0.29) is 11.4 Å². The molecule has 0 heterocycles. The molecule has 0 atom stereocenters. The lowest BCUT2D eigenvalue weighted by molar-refractivity contribution is -0.138. The molecule has 0 N–H and O–H groups in total. The second-order valence-electron chi connectivity index (χ2n) is 3.91. The summed E-state index contributed by atoms with van der Waals surface area (Å²) in [7, 11) is 0. The number of carbonyl (C=O) groups is 1. The second kappa shape index (κ2) is 4.29. The van der Waals surface area contributed by atoms with Crippen LogP contribution in [0.2, 0.25) is 0 Å². The maximum absolute atomic E-state index is 11.1. The lowest BCUT2D eigenvalue weighted by Crippen LogP contribution is -2.09. The van der Waals surface area contributed by atoms with E-state index in [1.165, 1.54) is 0 Å². The van der Waals surface area contributed by atoms with Crippen molar-refractivity contribution in [2.75, 3.05) is 6.61 Å². The van der Waals surface area contributed by atoms with Gasteiger partial charge in [-0.2, -0.15) is 0 Å². The molecule has 0 aliphatic heterocycles. The Kier molecular flexibility index (Phi) is 4.01. The summed E-state index contributed by atoms with van der Waals surface area (Å²) in [5.41, 5.74) is 0.723. The molecule has 0 saturated heterocycles. The predicted molar refractivity (Wildman–Crippen MR) is 49.8 cm³/mol. The normalized spacial score (nSPS) is 12.9. The minimum absolute atomic E-state index is 0.0385. The summed E-state index contributed by atoms with van der Waals surface area (Å²) in [6, 6.07) is 0. The van der Waals surface area contributed by atoms with Crippen LogP contribution in [0.15, 0.2) is 11.6 Å². The highest BCUT2D eigenvalue weighted by atomic mass is 16.5. The second-order valence-corrected chi connectivity index (χ2v) is 3.91. The Morgan fingerprint density at radius 3 is 2.25 bits per heavy atom. The Labute approximate surface area is 74.6 Å². The molecule has 0 aromatic heterocycles. The summed E-state index contributed by atoms with van der Waals surface area (Å²) in [4.78, 5) is 11.1. The maximum Gasteiger partial charge on any atom is 0.333 e. The van der Waals surface area contributed by atoms with Crippen molar-refractivity contribution in [1.82, 2.24) is 0 Å². The first-order valence-corrected chi connectivity index (χ1v) is 4.23. The molecule has 0 aliphatic carbocycles. The number of carbonyl (C=O) groups excluding carboxylic acids is 1. The third-order valence-corrected chi connectivity index (χ3v) is 1.25. The largest absolute Gasteiger partial charge is 0.463 e. The van der Waals surface area contributed by atoms with Gasteiger partial charge >= 0.3 is 5.97 Å². The Balaban J connectivity index is 4.28. The van der Waals surface area contributed by atoms with Crippen molar-refractivity contribution in [1.29, 1.82) is 0 Å². The van der Waals surface area contributed by atoms with Crippen molar-refractivity contribution in [2.45, 2.75) is 34.6 Å². The molecule has 0 aromatic rings. The Morgan fingerprint density at radius 2 is 1.92 bits per heavy atom. The number of ether oxygens (including phenoxy) is 1. The Morgan fingerprint density at radius 1 is 1.42 bits per heavy atom. The fourth-order valence-electron chi connectivity index (χ4n) is 0.953. The number of hydrogen-bond acceptors (Lipinski definition) is 2. The Hall–Kier alpha value is -0.790. The molecule has 70 valence electrons. The van der Waals surface area contributed by atoms with Gasteiger partial charge < -0.3 is 4.74 Å². The average molecular weight is 170 g/mol. The van der Waals surface area contributed by atoms with E-state index in [0.29, 0.717) is 12.2 Å². The van der Waals surface area contributed by atoms with Gasteiger partial charge in [-0.25, -0.2) is 4.79 Å². The van der Waals surface area contributed by atoms with Crippen LogP contribution < -0.4 is 0 Å². The summed E-state index contributed by atoms with van der Waals surface area (Å²) in [6.45, 7) is 10.2. The van der Waals surface area contributed by atoms with Crippen LogP contribution >= 0.6 is 0 Å². The molecule has 0 bridgehead atoms. The highest BCUT2D eigenvalue weighted by Crippen LogP contribution is 2.17. The summed E-state index contributed by atoms with van der Waals surface area (Å²) in [6.07, 6.45) is 1.92. The van der Waals surface area contributed by atoms with Crippen LogP contribution in [0.3, 0.4) is 0 Å². The molecule has 0 rings (SSSR count). The van der Waals surface area contributed by atoms with Crippen molar-refractivity contribution in [3.8, 4) is 0 Å². The van der Waals surface area contributed by atoms with Gasteiger partial charge in [-0.05, 0) is 19.3 Å². The first-order chi connectivity index (χ1) is 5.37. The molecule has 2 heteroatoms. The zero-order chi connectivity index (χ0) is 9.78. The lowest BCUT2D eigenvalue weighted by Gasteiger charge is -2.13. The van der Waals surface area contributed by atoms with E-state index in [0.717, 1.165) is 0 Å². The SMILES string of the molecule is CCOC(=O)C(C)=CC(C)(C)C. The highest BCUT2D eigenvalue weighted by molar-refractivity contribution is 5.87. The third-order valence-electron chi connectivity index (χ3n) is 1.25.